The first-order chi connectivity index (χ1) is 7.15. The number of benzene rings is 1. The number of hydrogen-bond donors (Lipinski definition) is 4. The van der Waals surface area contributed by atoms with Crippen molar-refractivity contribution in [3.63, 3.8) is 0 Å². The molecular weight excluding hydrogens is 200 g/mol. The number of hydrogen-bond acceptors (Lipinski definition) is 4. The normalized spacial score (nSPS) is 9.73. The van der Waals surface area contributed by atoms with Crippen molar-refractivity contribution in [2.75, 3.05) is 23.5 Å². The lowest BCUT2D eigenvalue weighted by atomic mass is 10.3. The van der Waals surface area contributed by atoms with Gasteiger partial charge in [-0.1, -0.05) is 0 Å². The Kier molecular flexibility index (Phi) is 3.90. The van der Waals surface area contributed by atoms with Gasteiger partial charge in [0, 0.05) is 12.2 Å². The van der Waals surface area contributed by atoms with E-state index in [0.717, 1.165) is 5.69 Å². The molecule has 0 radical (unpaired) electrons. The molecule has 0 atom stereocenters. The summed E-state index contributed by atoms with van der Waals surface area (Å²) >= 11 is 0. The number of rotatable bonds is 4. The fraction of sp³-hybridized carbons (Fsp3) is 0.222. The predicted molar refractivity (Wildman–Crippen MR) is 54.3 cm³/mol. The van der Waals surface area contributed by atoms with Crippen molar-refractivity contribution in [1.82, 2.24) is 0 Å². The van der Waals surface area contributed by atoms with Crippen molar-refractivity contribution in [3.05, 3.63) is 24.3 Å². The second-order valence-electron chi connectivity index (χ2n) is 2.79. The van der Waals surface area contributed by atoms with E-state index < -0.39 is 6.09 Å². The van der Waals surface area contributed by atoms with Gasteiger partial charge in [0.2, 0.25) is 0 Å². The van der Waals surface area contributed by atoms with E-state index in [2.05, 4.69) is 5.32 Å². The molecule has 6 heteroatoms. The van der Waals surface area contributed by atoms with Crippen LogP contribution in [0.15, 0.2) is 24.3 Å². The van der Waals surface area contributed by atoms with Gasteiger partial charge in [-0.2, -0.15) is 5.06 Å². The number of aliphatic hydroxyl groups excluding tert-OH is 1. The van der Waals surface area contributed by atoms with Crippen LogP contribution in [0.4, 0.5) is 16.2 Å². The number of amides is 1. The van der Waals surface area contributed by atoms with Crippen LogP contribution in [-0.4, -0.2) is 34.7 Å². The maximum absolute atomic E-state index is 10.4. The summed E-state index contributed by atoms with van der Waals surface area (Å²) in [5.74, 6) is 0. The number of carbonyl (C=O) groups is 1. The minimum Gasteiger partial charge on any atom is -0.463 e. The number of anilines is 2. The zero-order valence-electron chi connectivity index (χ0n) is 7.92. The highest BCUT2D eigenvalue weighted by Crippen LogP contribution is 2.16. The molecule has 0 spiro atoms. The van der Waals surface area contributed by atoms with Crippen LogP contribution in [0.3, 0.4) is 0 Å². The summed E-state index contributed by atoms with van der Waals surface area (Å²) in [5, 5.41) is 29.1. The van der Waals surface area contributed by atoms with Crippen molar-refractivity contribution in [2.45, 2.75) is 0 Å². The Morgan fingerprint density at radius 2 is 1.93 bits per heavy atom. The van der Waals surface area contributed by atoms with Crippen LogP contribution in [0, 0.1) is 0 Å². The molecule has 0 heterocycles. The molecule has 6 nitrogen and oxygen atoms in total. The standard InChI is InChI=1S/C9H12N2O4/c12-6-5-10-7-1-3-8(4-2-7)11(15)9(13)14/h1-4,10,12,15H,5-6H2,(H,13,14). The molecule has 0 unspecified atom stereocenters. The molecule has 0 saturated carbocycles. The second kappa shape index (κ2) is 5.18. The average molecular weight is 212 g/mol. The van der Waals surface area contributed by atoms with E-state index in [4.69, 9.17) is 15.4 Å². The smallest absolute Gasteiger partial charge is 0.436 e. The summed E-state index contributed by atoms with van der Waals surface area (Å²) in [4.78, 5) is 10.4. The summed E-state index contributed by atoms with van der Waals surface area (Å²) in [6.45, 7) is 0.435. The summed E-state index contributed by atoms with van der Waals surface area (Å²) in [5.41, 5.74) is 0.906. The molecule has 1 aromatic carbocycles. The Morgan fingerprint density at radius 1 is 1.33 bits per heavy atom. The molecule has 4 N–H and O–H groups in total. The monoisotopic (exact) mass is 212 g/mol. The third-order valence-electron chi connectivity index (χ3n) is 1.73. The van der Waals surface area contributed by atoms with Gasteiger partial charge in [0.15, 0.2) is 0 Å². The van der Waals surface area contributed by atoms with Crippen LogP contribution in [0.2, 0.25) is 0 Å². The molecule has 0 fully saturated rings. The molecule has 15 heavy (non-hydrogen) atoms. The zero-order chi connectivity index (χ0) is 11.3. The predicted octanol–water partition coefficient (Wildman–Crippen LogP) is 0.964. The molecule has 0 aromatic heterocycles. The van der Waals surface area contributed by atoms with E-state index in [9.17, 15) is 4.79 Å². The molecule has 0 bridgehead atoms. The molecule has 0 saturated heterocycles. The Morgan fingerprint density at radius 3 is 2.40 bits per heavy atom. The van der Waals surface area contributed by atoms with E-state index >= 15 is 0 Å². The summed E-state index contributed by atoms with van der Waals surface area (Å²) in [6, 6.07) is 6.12. The third kappa shape index (κ3) is 3.12. The molecular formula is C9H12N2O4. The van der Waals surface area contributed by atoms with Gasteiger partial charge in [0.1, 0.15) is 0 Å². The third-order valence-corrected chi connectivity index (χ3v) is 1.73. The van der Waals surface area contributed by atoms with E-state index in [1.54, 1.807) is 12.1 Å². The lowest BCUT2D eigenvalue weighted by Gasteiger charge is -2.11. The quantitative estimate of drug-likeness (QED) is 0.440. The van der Waals surface area contributed by atoms with Gasteiger partial charge in [-0.15, -0.1) is 0 Å². The number of carboxylic acid groups (broad SMARTS) is 1. The minimum atomic E-state index is -1.44. The van der Waals surface area contributed by atoms with Crippen LogP contribution in [0.1, 0.15) is 0 Å². The lowest BCUT2D eigenvalue weighted by Crippen LogP contribution is -2.24. The Labute approximate surface area is 86.3 Å². The van der Waals surface area contributed by atoms with Gasteiger partial charge in [-0.3, -0.25) is 5.21 Å². The van der Waals surface area contributed by atoms with Gasteiger partial charge in [0.25, 0.3) is 0 Å². The SMILES string of the molecule is O=C(O)N(O)c1ccc(NCCO)cc1. The van der Waals surface area contributed by atoms with E-state index in [-0.39, 0.29) is 17.4 Å². The first-order valence-electron chi connectivity index (χ1n) is 4.32. The van der Waals surface area contributed by atoms with Crippen LogP contribution in [0.5, 0.6) is 0 Å². The fourth-order valence-electron chi connectivity index (χ4n) is 1.03. The number of nitrogens with zero attached hydrogens (tertiary/aromatic N) is 1. The van der Waals surface area contributed by atoms with Gasteiger partial charge in [0.05, 0.1) is 12.3 Å². The molecule has 1 aromatic rings. The number of aliphatic hydroxyl groups is 1. The van der Waals surface area contributed by atoms with Gasteiger partial charge in [-0.25, -0.2) is 4.79 Å². The number of nitrogens with one attached hydrogen (secondary N) is 1. The molecule has 1 rings (SSSR count). The van der Waals surface area contributed by atoms with Crippen molar-refractivity contribution in [1.29, 1.82) is 0 Å². The average Bonchev–Trinajstić information content (AvgIpc) is 2.26. The van der Waals surface area contributed by atoms with Crippen LogP contribution < -0.4 is 10.4 Å². The van der Waals surface area contributed by atoms with Crippen molar-refractivity contribution in [2.24, 2.45) is 0 Å². The Hall–Kier alpha value is -1.79. The topological polar surface area (TPSA) is 93.0 Å². The molecule has 1 amide bonds. The Balaban J connectivity index is 2.67. The fourth-order valence-corrected chi connectivity index (χ4v) is 1.03. The molecule has 0 aliphatic heterocycles. The van der Waals surface area contributed by atoms with Crippen LogP contribution in [0.25, 0.3) is 0 Å². The van der Waals surface area contributed by atoms with E-state index in [0.29, 0.717) is 6.54 Å². The summed E-state index contributed by atoms with van der Waals surface area (Å²) < 4.78 is 0. The van der Waals surface area contributed by atoms with Crippen molar-refractivity contribution >= 4 is 17.5 Å². The van der Waals surface area contributed by atoms with Crippen LogP contribution >= 0.6 is 0 Å². The van der Waals surface area contributed by atoms with E-state index in [1.807, 2.05) is 0 Å². The van der Waals surface area contributed by atoms with Crippen LogP contribution in [-0.2, 0) is 0 Å². The van der Waals surface area contributed by atoms with Crippen molar-refractivity contribution < 1.29 is 20.2 Å². The highest BCUT2D eigenvalue weighted by atomic mass is 16.6. The first-order valence-corrected chi connectivity index (χ1v) is 4.32. The second-order valence-corrected chi connectivity index (χ2v) is 2.79. The maximum Gasteiger partial charge on any atom is 0.436 e. The lowest BCUT2D eigenvalue weighted by molar-refractivity contribution is 0.160. The summed E-state index contributed by atoms with van der Waals surface area (Å²) in [7, 11) is 0. The van der Waals surface area contributed by atoms with Gasteiger partial charge >= 0.3 is 6.09 Å². The molecule has 82 valence electrons. The van der Waals surface area contributed by atoms with Crippen molar-refractivity contribution in [3.8, 4) is 0 Å². The van der Waals surface area contributed by atoms with Gasteiger partial charge in [-0.05, 0) is 24.3 Å². The first kappa shape index (κ1) is 11.3. The highest BCUT2D eigenvalue weighted by Gasteiger charge is 2.09. The Bertz CT molecular complexity index is 325. The zero-order valence-corrected chi connectivity index (χ0v) is 7.92. The van der Waals surface area contributed by atoms with E-state index in [1.165, 1.54) is 12.1 Å². The highest BCUT2D eigenvalue weighted by molar-refractivity contribution is 5.83. The minimum absolute atomic E-state index is 0.0169. The van der Waals surface area contributed by atoms with Gasteiger partial charge < -0.3 is 15.5 Å². The summed E-state index contributed by atoms with van der Waals surface area (Å²) in [6.07, 6.45) is -1.44. The largest absolute Gasteiger partial charge is 0.463 e. The molecule has 0 aliphatic carbocycles. The molecule has 0 aliphatic rings. The maximum atomic E-state index is 10.4. The number of hydroxylamine groups is 1.